The summed E-state index contributed by atoms with van der Waals surface area (Å²) in [4.78, 5) is 15.0. The first-order chi connectivity index (χ1) is 11.1. The molecule has 0 spiro atoms. The molecule has 1 aromatic carbocycles. The van der Waals surface area contributed by atoms with Crippen molar-refractivity contribution in [2.45, 2.75) is 13.3 Å². The van der Waals surface area contributed by atoms with Crippen molar-refractivity contribution >= 4 is 12.0 Å². The minimum Gasteiger partial charge on any atom is -0.478 e. The molecule has 0 radical (unpaired) electrons. The Morgan fingerprint density at radius 1 is 1.17 bits per heavy atom. The predicted molar refractivity (Wildman–Crippen MR) is 84.9 cm³/mol. The molecule has 5 heteroatoms. The molecule has 0 aliphatic carbocycles. The summed E-state index contributed by atoms with van der Waals surface area (Å²) < 4.78 is 11.3. The summed E-state index contributed by atoms with van der Waals surface area (Å²) in [6.07, 6.45) is 2.94. The molecule has 1 N–H and O–H groups in total. The Bertz CT molecular complexity index is 843. The molecule has 0 saturated heterocycles. The van der Waals surface area contributed by atoms with E-state index in [0.717, 1.165) is 23.1 Å². The van der Waals surface area contributed by atoms with Gasteiger partial charge in [0, 0.05) is 11.6 Å². The number of nitrogens with zero attached hydrogens (tertiary/aromatic N) is 1. The normalized spacial score (nSPS) is 11.2. The van der Waals surface area contributed by atoms with Crippen LogP contribution < -0.4 is 0 Å². The number of rotatable bonds is 5. The number of aryl methyl sites for hydroxylation is 1. The third-order valence-corrected chi connectivity index (χ3v) is 3.33. The smallest absolute Gasteiger partial charge is 0.328 e. The molecule has 0 bridgehead atoms. The van der Waals surface area contributed by atoms with Crippen molar-refractivity contribution in [1.82, 2.24) is 4.98 Å². The van der Waals surface area contributed by atoms with Crippen molar-refractivity contribution in [1.29, 1.82) is 0 Å². The summed E-state index contributed by atoms with van der Waals surface area (Å²) in [5.74, 6) is 1.50. The lowest BCUT2D eigenvalue weighted by Gasteiger charge is -1.93. The topological polar surface area (TPSA) is 76.5 Å². The molecule has 2 aromatic heterocycles. The van der Waals surface area contributed by atoms with Crippen LogP contribution in [0.15, 0.2) is 57.4 Å². The van der Waals surface area contributed by atoms with E-state index in [9.17, 15) is 4.79 Å². The fourth-order valence-electron chi connectivity index (χ4n) is 2.19. The Hall–Kier alpha value is -3.08. The summed E-state index contributed by atoms with van der Waals surface area (Å²) >= 11 is 0. The average Bonchev–Trinajstić information content (AvgIpc) is 3.14. The summed E-state index contributed by atoms with van der Waals surface area (Å²) in [5, 5.41) is 8.61. The minimum absolute atomic E-state index is 0.489. The quantitative estimate of drug-likeness (QED) is 0.723. The fraction of sp³-hybridized carbons (Fsp3) is 0.111. The SMILES string of the molecule is Cc1oc(-c2ccccc2)nc1Cc1ccc(/C=C/C(=O)O)o1. The summed E-state index contributed by atoms with van der Waals surface area (Å²) in [6.45, 7) is 1.86. The van der Waals surface area contributed by atoms with Crippen LogP contribution in [-0.4, -0.2) is 16.1 Å². The van der Waals surface area contributed by atoms with Gasteiger partial charge in [0.05, 0.1) is 12.1 Å². The van der Waals surface area contributed by atoms with Gasteiger partial charge in [0.25, 0.3) is 0 Å². The van der Waals surface area contributed by atoms with Crippen molar-refractivity contribution in [2.24, 2.45) is 0 Å². The van der Waals surface area contributed by atoms with Crippen LogP contribution in [0, 0.1) is 6.92 Å². The van der Waals surface area contributed by atoms with Crippen LogP contribution in [0.2, 0.25) is 0 Å². The first-order valence-corrected chi connectivity index (χ1v) is 7.13. The molecule has 0 aliphatic rings. The number of hydrogen-bond acceptors (Lipinski definition) is 4. The highest BCUT2D eigenvalue weighted by atomic mass is 16.4. The third-order valence-electron chi connectivity index (χ3n) is 3.33. The van der Waals surface area contributed by atoms with E-state index in [1.54, 1.807) is 12.1 Å². The second-order valence-corrected chi connectivity index (χ2v) is 5.04. The van der Waals surface area contributed by atoms with Crippen LogP contribution in [0.1, 0.15) is 23.0 Å². The molecular weight excluding hydrogens is 294 g/mol. The lowest BCUT2D eigenvalue weighted by molar-refractivity contribution is -0.131. The average molecular weight is 309 g/mol. The summed E-state index contributed by atoms with van der Waals surface area (Å²) in [7, 11) is 0. The van der Waals surface area contributed by atoms with Crippen LogP contribution >= 0.6 is 0 Å². The van der Waals surface area contributed by atoms with Gasteiger partial charge in [-0.05, 0) is 37.3 Å². The van der Waals surface area contributed by atoms with Gasteiger partial charge >= 0.3 is 5.97 Å². The van der Waals surface area contributed by atoms with E-state index >= 15 is 0 Å². The molecule has 5 nitrogen and oxygen atoms in total. The second kappa shape index (κ2) is 6.36. The molecule has 0 fully saturated rings. The largest absolute Gasteiger partial charge is 0.478 e. The fourth-order valence-corrected chi connectivity index (χ4v) is 2.19. The highest BCUT2D eigenvalue weighted by Crippen LogP contribution is 2.23. The maximum absolute atomic E-state index is 10.5. The van der Waals surface area contributed by atoms with Gasteiger partial charge in [-0.2, -0.15) is 0 Å². The zero-order chi connectivity index (χ0) is 16.2. The minimum atomic E-state index is -1.01. The number of carbonyl (C=O) groups is 1. The highest BCUT2D eigenvalue weighted by Gasteiger charge is 2.13. The van der Waals surface area contributed by atoms with Gasteiger partial charge in [0.2, 0.25) is 5.89 Å². The molecular formula is C18H15NO4. The first kappa shape index (κ1) is 14.8. The lowest BCUT2D eigenvalue weighted by atomic mass is 10.2. The summed E-state index contributed by atoms with van der Waals surface area (Å²) in [6, 6.07) is 13.2. The van der Waals surface area contributed by atoms with Gasteiger partial charge in [-0.3, -0.25) is 0 Å². The van der Waals surface area contributed by atoms with Gasteiger partial charge in [0.15, 0.2) is 0 Å². The number of benzene rings is 1. The van der Waals surface area contributed by atoms with E-state index in [1.807, 2.05) is 37.3 Å². The molecule has 3 aromatic rings. The van der Waals surface area contributed by atoms with Gasteiger partial charge in [-0.15, -0.1) is 0 Å². The van der Waals surface area contributed by atoms with Crippen molar-refractivity contribution in [3.63, 3.8) is 0 Å². The number of furan rings is 1. The van der Waals surface area contributed by atoms with Crippen LogP contribution in [0.4, 0.5) is 0 Å². The van der Waals surface area contributed by atoms with Crippen LogP contribution in [0.3, 0.4) is 0 Å². The Kier molecular flexibility index (Phi) is 4.10. The van der Waals surface area contributed by atoms with E-state index in [0.29, 0.717) is 23.8 Å². The Balaban J connectivity index is 1.78. The maximum atomic E-state index is 10.5. The standard InChI is InChI=1S/C18H15NO4/c1-12-16(19-18(22-12)13-5-3-2-4-6-13)11-15-8-7-14(23-15)9-10-17(20)21/h2-10H,11H2,1H3,(H,20,21)/b10-9+. The van der Waals surface area contributed by atoms with E-state index < -0.39 is 5.97 Å². The van der Waals surface area contributed by atoms with Gasteiger partial charge in [-0.25, -0.2) is 9.78 Å². The Morgan fingerprint density at radius 2 is 1.96 bits per heavy atom. The van der Waals surface area contributed by atoms with Gasteiger partial charge < -0.3 is 13.9 Å². The predicted octanol–water partition coefficient (Wildman–Crippen LogP) is 3.93. The molecule has 3 rings (SSSR count). The number of carboxylic acids is 1. The highest BCUT2D eigenvalue weighted by molar-refractivity contribution is 5.84. The van der Waals surface area contributed by atoms with Crippen molar-refractivity contribution in [2.75, 3.05) is 0 Å². The monoisotopic (exact) mass is 309 g/mol. The van der Waals surface area contributed by atoms with Crippen molar-refractivity contribution < 1.29 is 18.7 Å². The molecule has 0 aliphatic heterocycles. The molecule has 0 amide bonds. The van der Waals surface area contributed by atoms with E-state index in [-0.39, 0.29) is 0 Å². The molecule has 116 valence electrons. The Labute approximate surface area is 132 Å². The molecule has 0 atom stereocenters. The van der Waals surface area contributed by atoms with Crippen molar-refractivity contribution in [3.8, 4) is 11.5 Å². The number of oxazole rings is 1. The van der Waals surface area contributed by atoms with Crippen LogP contribution in [-0.2, 0) is 11.2 Å². The third kappa shape index (κ3) is 3.58. The lowest BCUT2D eigenvalue weighted by Crippen LogP contribution is -1.89. The molecule has 0 saturated carbocycles. The summed E-state index contributed by atoms with van der Waals surface area (Å²) in [5.41, 5.74) is 1.72. The molecule has 23 heavy (non-hydrogen) atoms. The zero-order valence-corrected chi connectivity index (χ0v) is 12.5. The molecule has 0 unspecified atom stereocenters. The number of hydrogen-bond donors (Lipinski definition) is 1. The maximum Gasteiger partial charge on any atom is 0.328 e. The number of carboxylic acid groups (broad SMARTS) is 1. The number of aromatic nitrogens is 1. The van der Waals surface area contributed by atoms with E-state index in [4.69, 9.17) is 13.9 Å². The first-order valence-electron chi connectivity index (χ1n) is 7.13. The molecule has 2 heterocycles. The zero-order valence-electron chi connectivity index (χ0n) is 12.5. The van der Waals surface area contributed by atoms with Crippen LogP contribution in [0.25, 0.3) is 17.5 Å². The number of aliphatic carboxylic acids is 1. The van der Waals surface area contributed by atoms with Gasteiger partial charge in [-0.1, -0.05) is 18.2 Å². The van der Waals surface area contributed by atoms with E-state index in [2.05, 4.69) is 4.98 Å². The van der Waals surface area contributed by atoms with Crippen molar-refractivity contribution in [3.05, 3.63) is 71.5 Å². The Morgan fingerprint density at radius 3 is 2.70 bits per heavy atom. The van der Waals surface area contributed by atoms with Crippen LogP contribution in [0.5, 0.6) is 0 Å². The van der Waals surface area contributed by atoms with E-state index in [1.165, 1.54) is 6.08 Å². The second-order valence-electron chi connectivity index (χ2n) is 5.04. The van der Waals surface area contributed by atoms with Gasteiger partial charge in [0.1, 0.15) is 17.3 Å².